The van der Waals surface area contributed by atoms with Crippen LogP contribution in [0, 0.1) is 5.82 Å². The minimum Gasteiger partial charge on any atom is -0.398 e. The van der Waals surface area contributed by atoms with E-state index in [-0.39, 0.29) is 18.5 Å². The van der Waals surface area contributed by atoms with Gasteiger partial charge in [-0.3, -0.25) is 0 Å². The van der Waals surface area contributed by atoms with Crippen LogP contribution in [0.3, 0.4) is 0 Å². The summed E-state index contributed by atoms with van der Waals surface area (Å²) >= 11 is 0. The highest BCUT2D eigenvalue weighted by molar-refractivity contribution is 5.48. The van der Waals surface area contributed by atoms with Gasteiger partial charge in [-0.1, -0.05) is 6.07 Å². The number of benzene rings is 1. The minimum atomic E-state index is -0.377. The fourth-order valence-electron chi connectivity index (χ4n) is 1.18. The summed E-state index contributed by atoms with van der Waals surface area (Å²) in [5.74, 6) is -0.377. The molecule has 1 aromatic rings. The van der Waals surface area contributed by atoms with Gasteiger partial charge in [-0.25, -0.2) is 4.39 Å². The Labute approximate surface area is 76.2 Å². The SMILES string of the molecule is Nc1cc(F)ccc1[C@H](N)CCO. The maximum atomic E-state index is 12.6. The third-order valence-corrected chi connectivity index (χ3v) is 1.89. The molecule has 0 saturated carbocycles. The molecule has 4 heteroatoms. The molecule has 0 unspecified atom stereocenters. The van der Waals surface area contributed by atoms with Gasteiger partial charge in [0.2, 0.25) is 0 Å². The lowest BCUT2D eigenvalue weighted by atomic mass is 10.0. The average molecular weight is 184 g/mol. The number of aliphatic hydroxyl groups is 1. The van der Waals surface area contributed by atoms with Gasteiger partial charge in [0.1, 0.15) is 5.82 Å². The van der Waals surface area contributed by atoms with Gasteiger partial charge >= 0.3 is 0 Å². The van der Waals surface area contributed by atoms with Gasteiger partial charge in [0.25, 0.3) is 0 Å². The molecular formula is C9H13FN2O. The second-order valence-electron chi connectivity index (χ2n) is 2.89. The van der Waals surface area contributed by atoms with Gasteiger partial charge < -0.3 is 16.6 Å². The van der Waals surface area contributed by atoms with E-state index in [2.05, 4.69) is 0 Å². The van der Waals surface area contributed by atoms with E-state index in [0.717, 1.165) is 0 Å². The van der Waals surface area contributed by atoms with Gasteiger partial charge in [0.05, 0.1) is 0 Å². The lowest BCUT2D eigenvalue weighted by Crippen LogP contribution is -2.14. The van der Waals surface area contributed by atoms with Crippen LogP contribution in [0.2, 0.25) is 0 Å². The normalized spacial score (nSPS) is 12.8. The van der Waals surface area contributed by atoms with E-state index in [9.17, 15) is 4.39 Å². The zero-order chi connectivity index (χ0) is 9.84. The molecule has 1 atom stereocenters. The molecule has 0 amide bonds. The van der Waals surface area contributed by atoms with Crippen LogP contribution in [0.4, 0.5) is 10.1 Å². The number of hydrogen-bond donors (Lipinski definition) is 3. The maximum absolute atomic E-state index is 12.6. The Morgan fingerprint density at radius 2 is 2.15 bits per heavy atom. The topological polar surface area (TPSA) is 72.3 Å². The Bertz CT molecular complexity index is 291. The van der Waals surface area contributed by atoms with Crippen molar-refractivity contribution in [3.05, 3.63) is 29.6 Å². The fraction of sp³-hybridized carbons (Fsp3) is 0.333. The summed E-state index contributed by atoms with van der Waals surface area (Å²) in [5.41, 5.74) is 12.3. The van der Waals surface area contributed by atoms with Crippen LogP contribution in [0.5, 0.6) is 0 Å². The second kappa shape index (κ2) is 4.20. The Morgan fingerprint density at radius 3 is 2.69 bits per heavy atom. The second-order valence-corrected chi connectivity index (χ2v) is 2.89. The Kier molecular flexibility index (Phi) is 3.22. The summed E-state index contributed by atoms with van der Waals surface area (Å²) in [5, 5.41) is 8.65. The molecule has 0 saturated heterocycles. The van der Waals surface area contributed by atoms with Crippen LogP contribution < -0.4 is 11.5 Å². The highest BCUT2D eigenvalue weighted by Crippen LogP contribution is 2.21. The maximum Gasteiger partial charge on any atom is 0.125 e. The van der Waals surface area contributed by atoms with Crippen LogP contribution in [0.15, 0.2) is 18.2 Å². The first-order chi connectivity index (χ1) is 6.15. The molecule has 0 bridgehead atoms. The van der Waals surface area contributed by atoms with Crippen molar-refractivity contribution in [2.24, 2.45) is 5.73 Å². The zero-order valence-electron chi connectivity index (χ0n) is 7.20. The number of anilines is 1. The first-order valence-corrected chi connectivity index (χ1v) is 4.06. The van der Waals surface area contributed by atoms with Crippen LogP contribution >= 0.6 is 0 Å². The van der Waals surface area contributed by atoms with Gasteiger partial charge in [0.15, 0.2) is 0 Å². The van der Waals surface area contributed by atoms with Gasteiger partial charge in [0, 0.05) is 18.3 Å². The Balaban J connectivity index is 2.88. The van der Waals surface area contributed by atoms with E-state index in [1.807, 2.05) is 0 Å². The molecule has 5 N–H and O–H groups in total. The molecule has 72 valence electrons. The molecule has 0 radical (unpaired) electrons. The quantitative estimate of drug-likeness (QED) is 0.608. The lowest BCUT2D eigenvalue weighted by Gasteiger charge is -2.12. The zero-order valence-corrected chi connectivity index (χ0v) is 7.20. The first kappa shape index (κ1) is 9.95. The summed E-state index contributed by atoms with van der Waals surface area (Å²) in [6, 6.07) is 3.76. The Hall–Kier alpha value is -1.13. The predicted octanol–water partition coefficient (Wildman–Crippen LogP) is 0.790. The van der Waals surface area contributed by atoms with Crippen LogP contribution in [-0.4, -0.2) is 11.7 Å². The number of hydrogen-bond acceptors (Lipinski definition) is 3. The number of aliphatic hydroxyl groups excluding tert-OH is 1. The Morgan fingerprint density at radius 1 is 1.46 bits per heavy atom. The molecule has 1 rings (SSSR count). The summed E-state index contributed by atoms with van der Waals surface area (Å²) < 4.78 is 12.6. The van der Waals surface area contributed by atoms with Gasteiger partial charge in [-0.15, -0.1) is 0 Å². The minimum absolute atomic E-state index is 0.00200. The third kappa shape index (κ3) is 2.40. The molecule has 3 nitrogen and oxygen atoms in total. The van der Waals surface area contributed by atoms with Crippen LogP contribution in [0.25, 0.3) is 0 Å². The van der Waals surface area contributed by atoms with Crippen molar-refractivity contribution in [1.82, 2.24) is 0 Å². The predicted molar refractivity (Wildman–Crippen MR) is 49.4 cm³/mol. The van der Waals surface area contributed by atoms with Crippen LogP contribution in [0.1, 0.15) is 18.0 Å². The largest absolute Gasteiger partial charge is 0.398 e. The van der Waals surface area contributed by atoms with E-state index >= 15 is 0 Å². The smallest absolute Gasteiger partial charge is 0.125 e. The molecule has 1 aromatic carbocycles. The van der Waals surface area contributed by atoms with Crippen molar-refractivity contribution < 1.29 is 9.50 Å². The highest BCUT2D eigenvalue weighted by atomic mass is 19.1. The van der Waals surface area contributed by atoms with E-state index in [4.69, 9.17) is 16.6 Å². The molecular weight excluding hydrogens is 171 g/mol. The van der Waals surface area contributed by atoms with E-state index in [0.29, 0.717) is 17.7 Å². The van der Waals surface area contributed by atoms with Crippen molar-refractivity contribution in [2.45, 2.75) is 12.5 Å². The van der Waals surface area contributed by atoms with Crippen molar-refractivity contribution in [1.29, 1.82) is 0 Å². The van der Waals surface area contributed by atoms with Crippen LogP contribution in [-0.2, 0) is 0 Å². The number of nitrogen functional groups attached to an aromatic ring is 1. The third-order valence-electron chi connectivity index (χ3n) is 1.89. The standard InChI is InChI=1S/C9H13FN2O/c10-6-1-2-7(9(12)5-6)8(11)3-4-13/h1-2,5,8,13H,3-4,11-12H2/t8-/m1/s1. The van der Waals surface area contributed by atoms with E-state index in [1.54, 1.807) is 6.07 Å². The molecule has 0 aromatic heterocycles. The average Bonchev–Trinajstić information content (AvgIpc) is 2.04. The number of nitrogens with two attached hydrogens (primary N) is 2. The molecule has 0 heterocycles. The van der Waals surface area contributed by atoms with E-state index in [1.165, 1.54) is 12.1 Å². The summed E-state index contributed by atoms with van der Waals surface area (Å²) in [4.78, 5) is 0. The first-order valence-electron chi connectivity index (χ1n) is 4.06. The summed E-state index contributed by atoms with van der Waals surface area (Å²) in [6.45, 7) is -0.00200. The lowest BCUT2D eigenvalue weighted by molar-refractivity contribution is 0.276. The molecule has 0 aliphatic heterocycles. The van der Waals surface area contributed by atoms with Crippen molar-refractivity contribution in [3.8, 4) is 0 Å². The number of rotatable bonds is 3. The van der Waals surface area contributed by atoms with E-state index < -0.39 is 0 Å². The highest BCUT2D eigenvalue weighted by Gasteiger charge is 2.08. The summed E-state index contributed by atoms with van der Waals surface area (Å²) in [7, 11) is 0. The van der Waals surface area contributed by atoms with Crippen molar-refractivity contribution >= 4 is 5.69 Å². The molecule has 0 spiro atoms. The van der Waals surface area contributed by atoms with Crippen molar-refractivity contribution in [3.63, 3.8) is 0 Å². The van der Waals surface area contributed by atoms with Crippen molar-refractivity contribution in [2.75, 3.05) is 12.3 Å². The molecule has 13 heavy (non-hydrogen) atoms. The molecule has 0 aliphatic carbocycles. The van der Waals surface area contributed by atoms with Gasteiger partial charge in [-0.2, -0.15) is 0 Å². The fourth-order valence-corrected chi connectivity index (χ4v) is 1.18. The number of halogens is 1. The monoisotopic (exact) mass is 184 g/mol. The molecule has 0 fully saturated rings. The van der Waals surface area contributed by atoms with Gasteiger partial charge in [-0.05, 0) is 24.1 Å². The summed E-state index contributed by atoms with van der Waals surface area (Å²) in [6.07, 6.45) is 0.426. The molecule has 0 aliphatic rings.